The van der Waals surface area contributed by atoms with E-state index in [2.05, 4.69) is 10.2 Å². The van der Waals surface area contributed by atoms with Crippen LogP contribution < -0.4 is 10.2 Å². The lowest BCUT2D eigenvalue weighted by atomic mass is 10.1. The molecule has 1 saturated heterocycles. The largest absolute Gasteiger partial charge is 0.367 e. The average Bonchev–Trinajstić information content (AvgIpc) is 2.84. The molecule has 174 valence electrons. The number of rotatable bonds is 5. The minimum atomic E-state index is -0.515. The maximum atomic E-state index is 12.9. The van der Waals surface area contributed by atoms with E-state index in [4.69, 9.17) is 11.6 Å². The summed E-state index contributed by atoms with van der Waals surface area (Å²) >= 11 is 6.51. The number of aryl methyl sites for hydroxylation is 1. The third kappa shape index (κ3) is 5.02. The quantitative estimate of drug-likeness (QED) is 0.421. The van der Waals surface area contributed by atoms with Crippen LogP contribution in [0.2, 0.25) is 5.02 Å². The van der Waals surface area contributed by atoms with Gasteiger partial charge in [-0.2, -0.15) is 0 Å². The van der Waals surface area contributed by atoms with Crippen molar-refractivity contribution in [3.63, 3.8) is 0 Å². The molecule has 0 atom stereocenters. The Labute approximate surface area is 201 Å². The number of nitrogens with one attached hydrogen (secondary N) is 1. The lowest BCUT2D eigenvalue weighted by Crippen LogP contribution is -2.49. The number of nitrogens with zero attached hydrogens (tertiary/aromatic N) is 3. The van der Waals surface area contributed by atoms with Crippen LogP contribution in [0.5, 0.6) is 0 Å². The van der Waals surface area contributed by atoms with Gasteiger partial charge in [-0.1, -0.05) is 29.8 Å². The fraction of sp³-hybridized carbons (Fsp3) is 0.200. The van der Waals surface area contributed by atoms with Gasteiger partial charge >= 0.3 is 0 Å². The number of benzene rings is 3. The fourth-order valence-electron chi connectivity index (χ4n) is 3.91. The van der Waals surface area contributed by atoms with Crippen LogP contribution in [0, 0.1) is 17.0 Å². The number of amides is 2. The standard InChI is InChI=1S/C25H23ClN4O4/c1-17-4-2-3-5-21(17)25(32)29-14-12-28(13-15-29)23-11-8-19(16-22(23)26)27-24(31)18-6-9-20(10-7-18)30(33)34/h2-11,16H,12-15H2,1H3,(H,27,31). The summed E-state index contributed by atoms with van der Waals surface area (Å²) in [6.45, 7) is 4.40. The van der Waals surface area contributed by atoms with Crippen molar-refractivity contribution < 1.29 is 14.5 Å². The predicted octanol–water partition coefficient (Wildman–Crippen LogP) is 4.77. The number of anilines is 2. The third-order valence-electron chi connectivity index (χ3n) is 5.83. The van der Waals surface area contributed by atoms with Gasteiger partial charge in [-0.15, -0.1) is 0 Å². The lowest BCUT2D eigenvalue weighted by molar-refractivity contribution is -0.384. The van der Waals surface area contributed by atoms with E-state index in [0.29, 0.717) is 42.5 Å². The van der Waals surface area contributed by atoms with Gasteiger partial charge in [0, 0.05) is 55.1 Å². The van der Waals surface area contributed by atoms with E-state index in [1.54, 1.807) is 12.1 Å². The highest BCUT2D eigenvalue weighted by molar-refractivity contribution is 6.33. The van der Waals surface area contributed by atoms with Crippen LogP contribution in [-0.4, -0.2) is 47.8 Å². The second kappa shape index (κ2) is 9.93. The highest BCUT2D eigenvalue weighted by Gasteiger charge is 2.24. The zero-order valence-electron chi connectivity index (χ0n) is 18.5. The van der Waals surface area contributed by atoms with Crippen molar-refractivity contribution in [2.75, 3.05) is 36.4 Å². The number of hydrogen-bond donors (Lipinski definition) is 1. The zero-order chi connectivity index (χ0) is 24.2. The second-order valence-electron chi connectivity index (χ2n) is 8.02. The Bertz CT molecular complexity index is 1240. The average molecular weight is 479 g/mol. The number of carbonyl (C=O) groups excluding carboxylic acids is 2. The number of nitro groups is 1. The molecule has 0 unspecified atom stereocenters. The first kappa shape index (κ1) is 23.3. The molecule has 3 aromatic carbocycles. The fourth-order valence-corrected chi connectivity index (χ4v) is 4.21. The van der Waals surface area contributed by atoms with Crippen molar-refractivity contribution in [2.24, 2.45) is 0 Å². The Morgan fingerprint density at radius 3 is 2.26 bits per heavy atom. The molecule has 4 rings (SSSR count). The Morgan fingerprint density at radius 2 is 1.65 bits per heavy atom. The van der Waals surface area contributed by atoms with E-state index in [0.717, 1.165) is 16.8 Å². The molecule has 8 nitrogen and oxygen atoms in total. The van der Waals surface area contributed by atoms with Crippen molar-refractivity contribution in [1.29, 1.82) is 0 Å². The highest BCUT2D eigenvalue weighted by atomic mass is 35.5. The maximum Gasteiger partial charge on any atom is 0.269 e. The number of nitro benzene ring substituents is 1. The number of hydrogen-bond acceptors (Lipinski definition) is 5. The smallest absolute Gasteiger partial charge is 0.269 e. The number of piperazine rings is 1. The Morgan fingerprint density at radius 1 is 0.971 bits per heavy atom. The Balaban J connectivity index is 1.38. The predicted molar refractivity (Wildman–Crippen MR) is 132 cm³/mol. The van der Waals surface area contributed by atoms with Gasteiger partial charge in [0.1, 0.15) is 0 Å². The molecule has 0 bridgehead atoms. The van der Waals surface area contributed by atoms with Crippen LogP contribution in [0.3, 0.4) is 0 Å². The molecule has 0 radical (unpaired) electrons. The summed E-state index contributed by atoms with van der Waals surface area (Å²) in [5.74, 6) is -0.352. The Hall–Kier alpha value is -3.91. The molecule has 3 aromatic rings. The molecule has 0 saturated carbocycles. The summed E-state index contributed by atoms with van der Waals surface area (Å²) in [5, 5.41) is 14.0. The van der Waals surface area contributed by atoms with Crippen LogP contribution in [-0.2, 0) is 0 Å². The SMILES string of the molecule is Cc1ccccc1C(=O)N1CCN(c2ccc(NC(=O)c3ccc([N+](=O)[O-])cc3)cc2Cl)CC1. The van der Waals surface area contributed by atoms with Crippen LogP contribution in [0.1, 0.15) is 26.3 Å². The van der Waals surface area contributed by atoms with Crippen LogP contribution in [0.4, 0.5) is 17.1 Å². The van der Waals surface area contributed by atoms with Crippen LogP contribution in [0.15, 0.2) is 66.7 Å². The first-order valence-corrected chi connectivity index (χ1v) is 11.2. The van der Waals surface area contributed by atoms with Crippen LogP contribution >= 0.6 is 11.6 Å². The highest BCUT2D eigenvalue weighted by Crippen LogP contribution is 2.30. The van der Waals surface area contributed by atoms with Crippen molar-refractivity contribution >= 4 is 40.5 Å². The maximum absolute atomic E-state index is 12.9. The topological polar surface area (TPSA) is 95.8 Å². The molecule has 34 heavy (non-hydrogen) atoms. The van der Waals surface area contributed by atoms with Gasteiger partial charge in [-0.25, -0.2) is 0 Å². The van der Waals surface area contributed by atoms with Crippen molar-refractivity contribution in [3.05, 3.63) is 98.6 Å². The third-order valence-corrected chi connectivity index (χ3v) is 6.13. The minimum absolute atomic E-state index is 0.0353. The van der Waals surface area contributed by atoms with Gasteiger partial charge < -0.3 is 15.1 Å². The first-order chi connectivity index (χ1) is 16.3. The Kier molecular flexibility index (Phi) is 6.79. The molecule has 2 amide bonds. The van der Waals surface area contributed by atoms with Gasteiger partial charge in [-0.3, -0.25) is 19.7 Å². The zero-order valence-corrected chi connectivity index (χ0v) is 19.3. The normalized spacial score (nSPS) is 13.5. The van der Waals surface area contributed by atoms with E-state index < -0.39 is 4.92 Å². The molecular weight excluding hydrogens is 456 g/mol. The first-order valence-electron chi connectivity index (χ1n) is 10.8. The van der Waals surface area contributed by atoms with Crippen LogP contribution in [0.25, 0.3) is 0 Å². The van der Waals surface area contributed by atoms with Crippen molar-refractivity contribution in [3.8, 4) is 0 Å². The van der Waals surface area contributed by atoms with Crippen molar-refractivity contribution in [1.82, 2.24) is 4.90 Å². The van der Waals surface area contributed by atoms with E-state index in [1.807, 2.05) is 42.2 Å². The summed E-state index contributed by atoms with van der Waals surface area (Å²) in [4.78, 5) is 39.5. The molecule has 1 N–H and O–H groups in total. The number of carbonyl (C=O) groups is 2. The monoisotopic (exact) mass is 478 g/mol. The molecule has 0 spiro atoms. The number of halogens is 1. The molecule has 0 aliphatic carbocycles. The molecule has 1 fully saturated rings. The summed E-state index contributed by atoms with van der Waals surface area (Å²) < 4.78 is 0. The summed E-state index contributed by atoms with van der Waals surface area (Å²) in [7, 11) is 0. The number of non-ortho nitro benzene ring substituents is 1. The molecule has 1 aliphatic heterocycles. The molecule has 1 heterocycles. The van der Waals surface area contributed by atoms with Gasteiger partial charge in [0.15, 0.2) is 0 Å². The summed E-state index contributed by atoms with van der Waals surface area (Å²) in [5.41, 5.74) is 3.26. The van der Waals surface area contributed by atoms with E-state index in [1.165, 1.54) is 24.3 Å². The van der Waals surface area contributed by atoms with Gasteiger partial charge in [0.05, 0.1) is 15.6 Å². The molecular formula is C25H23ClN4O4. The van der Waals surface area contributed by atoms with E-state index in [9.17, 15) is 19.7 Å². The molecule has 9 heteroatoms. The second-order valence-corrected chi connectivity index (χ2v) is 8.43. The summed E-state index contributed by atoms with van der Waals surface area (Å²) in [6, 6.07) is 18.2. The van der Waals surface area contributed by atoms with Crippen molar-refractivity contribution in [2.45, 2.75) is 6.92 Å². The molecule has 0 aromatic heterocycles. The van der Waals surface area contributed by atoms with Gasteiger partial charge in [0.25, 0.3) is 17.5 Å². The lowest BCUT2D eigenvalue weighted by Gasteiger charge is -2.36. The van der Waals surface area contributed by atoms with E-state index in [-0.39, 0.29) is 17.5 Å². The van der Waals surface area contributed by atoms with Gasteiger partial charge in [-0.05, 0) is 48.9 Å². The minimum Gasteiger partial charge on any atom is -0.367 e. The van der Waals surface area contributed by atoms with E-state index >= 15 is 0 Å². The van der Waals surface area contributed by atoms with Gasteiger partial charge in [0.2, 0.25) is 0 Å². The summed E-state index contributed by atoms with van der Waals surface area (Å²) in [6.07, 6.45) is 0. The molecule has 1 aliphatic rings.